The van der Waals surface area contributed by atoms with Crippen molar-refractivity contribution in [1.29, 1.82) is 0 Å². The van der Waals surface area contributed by atoms with E-state index in [2.05, 4.69) is 10.3 Å². The highest BCUT2D eigenvalue weighted by Gasteiger charge is 2.46. The van der Waals surface area contributed by atoms with Crippen LogP contribution in [0.2, 0.25) is 0 Å². The van der Waals surface area contributed by atoms with Crippen molar-refractivity contribution >= 4 is 22.8 Å². The van der Waals surface area contributed by atoms with Gasteiger partial charge in [-0.05, 0) is 36.0 Å². The molecule has 0 aliphatic heterocycles. The highest BCUT2D eigenvalue weighted by molar-refractivity contribution is 5.88. The smallest absolute Gasteiger partial charge is 0.329 e. The quantitative estimate of drug-likeness (QED) is 0.195. The summed E-state index contributed by atoms with van der Waals surface area (Å²) >= 11 is 0. The summed E-state index contributed by atoms with van der Waals surface area (Å²) in [4.78, 5) is 29.5. The van der Waals surface area contributed by atoms with Crippen LogP contribution in [0.25, 0.3) is 10.9 Å². The Balaban J connectivity index is 1.50. The lowest BCUT2D eigenvalue weighted by molar-refractivity contribution is -0.152. The van der Waals surface area contributed by atoms with Crippen LogP contribution in [0.4, 0.5) is 0 Å². The number of aliphatic hydroxyl groups is 3. The summed E-state index contributed by atoms with van der Waals surface area (Å²) in [5.41, 5.74) is 14.3. The molecule has 37 heavy (non-hydrogen) atoms. The number of aromatic amines is 1. The van der Waals surface area contributed by atoms with Crippen LogP contribution in [0.1, 0.15) is 17.7 Å². The Morgan fingerprint density at radius 3 is 2.43 bits per heavy atom. The number of H-pyrrole nitrogens is 1. The third kappa shape index (κ3) is 6.17. The number of carbonyl (C=O) groups is 2. The number of aromatic nitrogens is 1. The number of esters is 1. The van der Waals surface area contributed by atoms with E-state index in [-0.39, 0.29) is 26.0 Å². The van der Waals surface area contributed by atoms with Crippen molar-refractivity contribution in [2.45, 2.75) is 49.8 Å². The van der Waals surface area contributed by atoms with Gasteiger partial charge in [-0.2, -0.15) is 0 Å². The standard InChI is InChI=1S/C27H34N4O6/c28-13-17-11-19(24(33)25(34)23(17)32)22(29)26(35)31-21(27(36)37-14-15-6-2-1-3-7-15)12-18-10-16-8-4-5-9-20(16)30-18/h1-10,17,19,21-25,30,32-34H,11-14,28-29H2,(H,31,35)/t17?,19?,21-,22+,23-,24-,25-/m0/s1. The molecule has 10 nitrogen and oxygen atoms in total. The molecule has 1 saturated carbocycles. The molecule has 198 valence electrons. The number of para-hydroxylation sites is 1. The number of aliphatic hydroxyl groups excluding tert-OH is 3. The zero-order valence-corrected chi connectivity index (χ0v) is 20.4. The molecule has 0 saturated heterocycles. The summed E-state index contributed by atoms with van der Waals surface area (Å²) in [6.45, 7) is 0.0962. The van der Waals surface area contributed by atoms with Gasteiger partial charge in [0.15, 0.2) is 0 Å². The molecule has 3 aromatic rings. The van der Waals surface area contributed by atoms with Gasteiger partial charge in [0.1, 0.15) is 18.8 Å². The van der Waals surface area contributed by atoms with Crippen LogP contribution in [0.5, 0.6) is 0 Å². The summed E-state index contributed by atoms with van der Waals surface area (Å²) < 4.78 is 5.50. The first-order valence-electron chi connectivity index (χ1n) is 12.4. The lowest BCUT2D eigenvalue weighted by atomic mass is 9.72. The van der Waals surface area contributed by atoms with Gasteiger partial charge in [0, 0.05) is 29.5 Å². The third-order valence-corrected chi connectivity index (χ3v) is 7.10. The molecule has 1 aromatic heterocycles. The predicted octanol–water partition coefficient (Wildman–Crippen LogP) is -0.0566. The van der Waals surface area contributed by atoms with Crippen molar-refractivity contribution in [3.05, 3.63) is 71.9 Å². The number of ether oxygens (including phenoxy) is 1. The molecule has 4 rings (SSSR count). The maximum Gasteiger partial charge on any atom is 0.329 e. The molecular formula is C27H34N4O6. The number of rotatable bonds is 9. The topological polar surface area (TPSA) is 184 Å². The first kappa shape index (κ1) is 26.8. The molecule has 1 aliphatic rings. The Hall–Kier alpha value is -3.28. The van der Waals surface area contributed by atoms with Gasteiger partial charge in [-0.25, -0.2) is 4.79 Å². The van der Waals surface area contributed by atoms with Gasteiger partial charge in [-0.15, -0.1) is 0 Å². The Bertz CT molecular complexity index is 1170. The minimum atomic E-state index is -1.48. The molecule has 1 heterocycles. The van der Waals surface area contributed by atoms with Gasteiger partial charge in [0.05, 0.1) is 18.2 Å². The van der Waals surface area contributed by atoms with E-state index in [1.165, 1.54) is 0 Å². The fourth-order valence-electron chi connectivity index (χ4n) is 4.91. The lowest BCUT2D eigenvalue weighted by Gasteiger charge is -2.42. The van der Waals surface area contributed by atoms with E-state index in [4.69, 9.17) is 16.2 Å². The minimum Gasteiger partial charge on any atom is -0.459 e. The Morgan fingerprint density at radius 2 is 1.73 bits per heavy atom. The van der Waals surface area contributed by atoms with E-state index in [9.17, 15) is 24.9 Å². The molecule has 2 aromatic carbocycles. The number of benzene rings is 2. The van der Waals surface area contributed by atoms with Crippen LogP contribution in [0.15, 0.2) is 60.7 Å². The second kappa shape index (κ2) is 11.8. The summed E-state index contributed by atoms with van der Waals surface area (Å²) in [7, 11) is 0. The van der Waals surface area contributed by atoms with Crippen LogP contribution in [0, 0.1) is 11.8 Å². The van der Waals surface area contributed by atoms with Gasteiger partial charge in [-0.1, -0.05) is 48.5 Å². The molecule has 10 heteroatoms. The Labute approximate surface area is 214 Å². The Kier molecular flexibility index (Phi) is 8.57. The summed E-state index contributed by atoms with van der Waals surface area (Å²) in [6.07, 6.45) is -3.84. The average molecular weight is 511 g/mol. The second-order valence-electron chi connectivity index (χ2n) is 9.63. The van der Waals surface area contributed by atoms with Gasteiger partial charge in [-0.3, -0.25) is 4.79 Å². The van der Waals surface area contributed by atoms with Crippen LogP contribution < -0.4 is 16.8 Å². The van der Waals surface area contributed by atoms with Crippen molar-refractivity contribution in [3.8, 4) is 0 Å². The van der Waals surface area contributed by atoms with Crippen molar-refractivity contribution in [2.75, 3.05) is 6.54 Å². The summed E-state index contributed by atoms with van der Waals surface area (Å²) in [5.74, 6) is -2.70. The summed E-state index contributed by atoms with van der Waals surface area (Å²) in [5, 5.41) is 34.5. The van der Waals surface area contributed by atoms with Gasteiger partial charge < -0.3 is 41.8 Å². The highest BCUT2D eigenvalue weighted by Crippen LogP contribution is 2.31. The number of hydrogen-bond acceptors (Lipinski definition) is 8. The van der Waals surface area contributed by atoms with Crippen LogP contribution in [-0.4, -0.2) is 69.1 Å². The van der Waals surface area contributed by atoms with E-state index in [0.717, 1.165) is 22.2 Å². The number of nitrogens with one attached hydrogen (secondary N) is 2. The highest BCUT2D eigenvalue weighted by atomic mass is 16.5. The molecule has 7 atom stereocenters. The molecule has 0 spiro atoms. The van der Waals surface area contributed by atoms with Crippen LogP contribution in [-0.2, 0) is 27.4 Å². The Morgan fingerprint density at radius 1 is 1.03 bits per heavy atom. The van der Waals surface area contributed by atoms with E-state index < -0.39 is 54.1 Å². The number of hydrogen-bond donors (Lipinski definition) is 7. The van der Waals surface area contributed by atoms with Crippen LogP contribution in [0.3, 0.4) is 0 Å². The van der Waals surface area contributed by atoms with E-state index in [1.54, 1.807) is 0 Å². The zero-order valence-electron chi connectivity index (χ0n) is 20.4. The van der Waals surface area contributed by atoms with Gasteiger partial charge in [0.25, 0.3) is 0 Å². The maximum absolute atomic E-state index is 13.2. The lowest BCUT2D eigenvalue weighted by Crippen LogP contribution is -2.61. The summed E-state index contributed by atoms with van der Waals surface area (Å²) in [6, 6.07) is 16.4. The maximum atomic E-state index is 13.2. The molecule has 2 unspecified atom stereocenters. The van der Waals surface area contributed by atoms with Crippen LogP contribution >= 0.6 is 0 Å². The number of nitrogens with two attached hydrogens (primary N) is 2. The van der Waals surface area contributed by atoms with Gasteiger partial charge >= 0.3 is 5.97 Å². The molecule has 9 N–H and O–H groups in total. The first-order valence-corrected chi connectivity index (χ1v) is 12.4. The fraction of sp³-hybridized carbons (Fsp3) is 0.407. The predicted molar refractivity (Wildman–Crippen MR) is 137 cm³/mol. The largest absolute Gasteiger partial charge is 0.459 e. The van der Waals surface area contributed by atoms with Crippen molar-refractivity contribution in [1.82, 2.24) is 10.3 Å². The van der Waals surface area contributed by atoms with Crippen molar-refractivity contribution in [3.63, 3.8) is 0 Å². The van der Waals surface area contributed by atoms with E-state index in [1.807, 2.05) is 60.7 Å². The first-order chi connectivity index (χ1) is 17.8. The van der Waals surface area contributed by atoms with Crippen molar-refractivity contribution < 1.29 is 29.6 Å². The zero-order chi connectivity index (χ0) is 26.5. The molecule has 1 aliphatic carbocycles. The fourth-order valence-corrected chi connectivity index (χ4v) is 4.91. The second-order valence-corrected chi connectivity index (χ2v) is 9.63. The monoisotopic (exact) mass is 510 g/mol. The molecule has 1 amide bonds. The SMILES string of the molecule is NCC1CC([C@@H](N)C(=O)N[C@@H](Cc2cc3ccccc3[nH]2)C(=O)OCc2ccccc2)[C@H](O)[C@@H](O)[C@H]1O. The van der Waals surface area contributed by atoms with E-state index in [0.29, 0.717) is 0 Å². The van der Waals surface area contributed by atoms with Gasteiger partial charge in [0.2, 0.25) is 5.91 Å². The number of fused-ring (bicyclic) bond motifs is 1. The normalized spacial score (nSPS) is 25.4. The van der Waals surface area contributed by atoms with Crippen molar-refractivity contribution in [2.24, 2.45) is 23.3 Å². The molecule has 1 fully saturated rings. The average Bonchev–Trinajstić information content (AvgIpc) is 3.33. The molecule has 0 bridgehead atoms. The van der Waals surface area contributed by atoms with E-state index >= 15 is 0 Å². The number of amides is 1. The number of carbonyl (C=O) groups excluding carboxylic acids is 2. The molecular weight excluding hydrogens is 476 g/mol. The molecule has 0 radical (unpaired) electrons. The minimum absolute atomic E-state index is 0.0361. The third-order valence-electron chi connectivity index (χ3n) is 7.10.